The van der Waals surface area contributed by atoms with Gasteiger partial charge in [-0.05, 0) is 26.3 Å². The maximum absolute atomic E-state index is 11.8. The van der Waals surface area contributed by atoms with Crippen LogP contribution in [0.1, 0.15) is 31.4 Å². The number of aryl methyl sites for hydroxylation is 1. The molecule has 1 aromatic carbocycles. The number of hydrogen-bond donors (Lipinski definition) is 1. The summed E-state index contributed by atoms with van der Waals surface area (Å²) in [7, 11) is 0. The summed E-state index contributed by atoms with van der Waals surface area (Å²) in [6, 6.07) is 7.98. The molecule has 0 saturated carbocycles. The zero-order valence-electron chi connectivity index (χ0n) is 12.1. The predicted molar refractivity (Wildman–Crippen MR) is 76.5 cm³/mol. The molecule has 0 radical (unpaired) electrons. The van der Waals surface area contributed by atoms with Crippen LogP contribution in [-0.4, -0.2) is 30.6 Å². The van der Waals surface area contributed by atoms with Gasteiger partial charge in [0.2, 0.25) is 5.91 Å². The normalized spacial score (nSPS) is 18.1. The number of ether oxygens (including phenoxy) is 2. The lowest BCUT2D eigenvalue weighted by molar-refractivity contribution is -0.159. The van der Waals surface area contributed by atoms with Crippen LogP contribution in [0, 0.1) is 6.92 Å². The number of amides is 1. The Morgan fingerprint density at radius 3 is 2.50 bits per heavy atom. The van der Waals surface area contributed by atoms with E-state index in [4.69, 9.17) is 9.47 Å². The fraction of sp³-hybridized carbons (Fsp3) is 0.467. The fourth-order valence-corrected chi connectivity index (χ4v) is 2.00. The molecule has 1 amide bonds. The Morgan fingerprint density at radius 1 is 1.30 bits per heavy atom. The molecule has 1 N–H and O–H groups in total. The van der Waals surface area contributed by atoms with E-state index in [1.54, 1.807) is 6.92 Å². The molecule has 108 valence electrons. The second kappa shape index (κ2) is 6.15. The van der Waals surface area contributed by atoms with Crippen molar-refractivity contribution in [3.63, 3.8) is 0 Å². The van der Waals surface area contributed by atoms with E-state index in [2.05, 4.69) is 10.5 Å². The summed E-state index contributed by atoms with van der Waals surface area (Å²) in [5.74, 6) is -1.04. The van der Waals surface area contributed by atoms with Crippen LogP contribution >= 0.6 is 0 Å². The van der Waals surface area contributed by atoms with Crippen molar-refractivity contribution in [3.8, 4) is 0 Å². The quantitative estimate of drug-likeness (QED) is 0.676. The third-order valence-corrected chi connectivity index (χ3v) is 3.20. The van der Waals surface area contributed by atoms with Crippen LogP contribution in [0.25, 0.3) is 0 Å². The number of hydrogen-bond acceptors (Lipinski definition) is 4. The van der Waals surface area contributed by atoms with E-state index in [-0.39, 0.29) is 12.3 Å². The van der Waals surface area contributed by atoms with E-state index in [9.17, 15) is 4.79 Å². The molecule has 0 unspecified atom stereocenters. The maximum Gasteiger partial charge on any atom is 0.245 e. The first-order valence-corrected chi connectivity index (χ1v) is 6.67. The van der Waals surface area contributed by atoms with Crippen molar-refractivity contribution in [1.29, 1.82) is 0 Å². The van der Waals surface area contributed by atoms with Crippen LogP contribution in [0.4, 0.5) is 0 Å². The molecule has 20 heavy (non-hydrogen) atoms. The van der Waals surface area contributed by atoms with Gasteiger partial charge in [0.05, 0.1) is 25.3 Å². The van der Waals surface area contributed by atoms with Crippen LogP contribution in [-0.2, 0) is 14.3 Å². The minimum Gasteiger partial charge on any atom is -0.347 e. The number of benzene rings is 1. The van der Waals surface area contributed by atoms with Crippen LogP contribution in [0.3, 0.4) is 0 Å². The standard InChI is InChI=1S/C15H20N2O3/c1-11-4-6-13(7-5-11)12(2)16-17-14(18)10-15(3)19-8-9-20-15/h4-7H,8-10H2,1-3H3,(H,17,18)/b16-12+. The molecule has 1 saturated heterocycles. The average molecular weight is 276 g/mol. The van der Waals surface area contributed by atoms with Crippen molar-refractivity contribution >= 4 is 11.6 Å². The Hall–Kier alpha value is -1.72. The Labute approximate surface area is 119 Å². The van der Waals surface area contributed by atoms with Crippen LogP contribution in [0.15, 0.2) is 29.4 Å². The molecule has 0 aromatic heterocycles. The van der Waals surface area contributed by atoms with E-state index >= 15 is 0 Å². The monoisotopic (exact) mass is 276 g/mol. The summed E-state index contributed by atoms with van der Waals surface area (Å²) in [6.07, 6.45) is 0.137. The predicted octanol–water partition coefficient (Wildman–Crippen LogP) is 1.99. The lowest BCUT2D eigenvalue weighted by Gasteiger charge is -2.20. The molecule has 0 bridgehead atoms. The summed E-state index contributed by atoms with van der Waals surface area (Å²) in [5, 5.41) is 4.10. The van der Waals surface area contributed by atoms with Gasteiger partial charge in [0.25, 0.3) is 0 Å². The number of hydrazone groups is 1. The van der Waals surface area contributed by atoms with E-state index in [0.717, 1.165) is 11.3 Å². The topological polar surface area (TPSA) is 59.9 Å². The van der Waals surface area contributed by atoms with Crippen molar-refractivity contribution in [1.82, 2.24) is 5.43 Å². The minimum atomic E-state index is -0.822. The summed E-state index contributed by atoms with van der Waals surface area (Å²) < 4.78 is 10.8. The van der Waals surface area contributed by atoms with Gasteiger partial charge in [-0.3, -0.25) is 4.79 Å². The van der Waals surface area contributed by atoms with E-state index in [0.29, 0.717) is 13.2 Å². The van der Waals surface area contributed by atoms with E-state index in [1.807, 2.05) is 38.1 Å². The number of nitrogens with one attached hydrogen (secondary N) is 1. The summed E-state index contributed by atoms with van der Waals surface area (Å²) >= 11 is 0. The molecular weight excluding hydrogens is 256 g/mol. The summed E-state index contributed by atoms with van der Waals surface area (Å²) in [5.41, 5.74) is 5.47. The Balaban J connectivity index is 1.91. The van der Waals surface area contributed by atoms with Crippen LogP contribution in [0.2, 0.25) is 0 Å². The molecule has 5 nitrogen and oxygen atoms in total. The molecule has 5 heteroatoms. The third kappa shape index (κ3) is 3.88. The largest absolute Gasteiger partial charge is 0.347 e. The SMILES string of the molecule is C/C(=N\NC(=O)CC1(C)OCCO1)c1ccc(C)cc1. The molecule has 1 fully saturated rings. The molecule has 0 atom stereocenters. The van der Waals surface area contributed by atoms with Gasteiger partial charge >= 0.3 is 0 Å². The molecule has 1 aliphatic heterocycles. The molecule has 1 heterocycles. The Kier molecular flexibility index (Phi) is 4.52. The zero-order valence-corrected chi connectivity index (χ0v) is 12.1. The smallest absolute Gasteiger partial charge is 0.245 e. The Morgan fingerprint density at radius 2 is 1.90 bits per heavy atom. The zero-order chi connectivity index (χ0) is 14.6. The second-order valence-corrected chi connectivity index (χ2v) is 5.11. The van der Waals surface area contributed by atoms with Gasteiger partial charge in [-0.2, -0.15) is 5.10 Å². The molecule has 2 rings (SSSR count). The molecule has 1 aliphatic rings. The van der Waals surface area contributed by atoms with Crippen molar-refractivity contribution in [2.75, 3.05) is 13.2 Å². The highest BCUT2D eigenvalue weighted by Crippen LogP contribution is 2.22. The molecular formula is C15H20N2O3. The molecule has 1 aromatic rings. The van der Waals surface area contributed by atoms with Crippen molar-refractivity contribution < 1.29 is 14.3 Å². The van der Waals surface area contributed by atoms with Gasteiger partial charge < -0.3 is 9.47 Å². The van der Waals surface area contributed by atoms with Gasteiger partial charge in [-0.15, -0.1) is 0 Å². The first kappa shape index (κ1) is 14.7. The van der Waals surface area contributed by atoms with E-state index in [1.165, 1.54) is 5.56 Å². The lowest BCUT2D eigenvalue weighted by Crippen LogP contribution is -2.33. The lowest BCUT2D eigenvalue weighted by atomic mass is 10.1. The molecule has 0 spiro atoms. The summed E-state index contributed by atoms with van der Waals surface area (Å²) in [4.78, 5) is 11.8. The Bertz CT molecular complexity index is 502. The van der Waals surface area contributed by atoms with Gasteiger partial charge in [0.1, 0.15) is 0 Å². The van der Waals surface area contributed by atoms with Crippen LogP contribution in [0.5, 0.6) is 0 Å². The van der Waals surface area contributed by atoms with Gasteiger partial charge in [-0.25, -0.2) is 5.43 Å². The second-order valence-electron chi connectivity index (χ2n) is 5.11. The highest BCUT2D eigenvalue weighted by Gasteiger charge is 2.33. The number of rotatable bonds is 4. The van der Waals surface area contributed by atoms with Crippen LogP contribution < -0.4 is 5.43 Å². The average Bonchev–Trinajstić information content (AvgIpc) is 2.83. The van der Waals surface area contributed by atoms with Crippen molar-refractivity contribution in [2.45, 2.75) is 33.0 Å². The van der Waals surface area contributed by atoms with Gasteiger partial charge in [0.15, 0.2) is 5.79 Å². The fourth-order valence-electron chi connectivity index (χ4n) is 2.00. The third-order valence-electron chi connectivity index (χ3n) is 3.20. The minimum absolute atomic E-state index is 0.137. The number of carbonyl (C=O) groups excluding carboxylic acids is 1. The highest BCUT2D eigenvalue weighted by molar-refractivity contribution is 5.99. The van der Waals surface area contributed by atoms with Gasteiger partial charge in [0, 0.05) is 0 Å². The molecule has 0 aliphatic carbocycles. The van der Waals surface area contributed by atoms with Crippen molar-refractivity contribution in [2.24, 2.45) is 5.10 Å². The first-order chi connectivity index (χ1) is 9.48. The number of carbonyl (C=O) groups is 1. The van der Waals surface area contributed by atoms with E-state index < -0.39 is 5.79 Å². The maximum atomic E-state index is 11.8. The number of nitrogens with zero attached hydrogens (tertiary/aromatic N) is 1. The van der Waals surface area contributed by atoms with Crippen molar-refractivity contribution in [3.05, 3.63) is 35.4 Å². The van der Waals surface area contributed by atoms with Gasteiger partial charge in [-0.1, -0.05) is 29.8 Å². The first-order valence-electron chi connectivity index (χ1n) is 6.67. The summed E-state index contributed by atoms with van der Waals surface area (Å²) in [6.45, 7) is 6.69. The highest BCUT2D eigenvalue weighted by atomic mass is 16.7.